The third-order valence-corrected chi connectivity index (χ3v) is 3.39. The highest BCUT2D eigenvalue weighted by atomic mass is 16.5. The minimum absolute atomic E-state index is 0.0743. The van der Waals surface area contributed by atoms with Crippen LogP contribution < -0.4 is 5.32 Å². The molecule has 0 saturated carbocycles. The van der Waals surface area contributed by atoms with Gasteiger partial charge in [-0.3, -0.25) is 9.69 Å². The topological polar surface area (TPSA) is 92.0 Å². The van der Waals surface area contributed by atoms with Crippen molar-refractivity contribution >= 4 is 11.9 Å². The van der Waals surface area contributed by atoms with Crippen LogP contribution in [0.3, 0.4) is 0 Å². The SMILES string of the molecule is C[C@H](CN1CCOCC1)C(=O)NCc1ccc(C(=O)O)o1. The van der Waals surface area contributed by atoms with Crippen LogP contribution in [0.25, 0.3) is 0 Å². The van der Waals surface area contributed by atoms with Gasteiger partial charge in [-0.25, -0.2) is 4.79 Å². The van der Waals surface area contributed by atoms with Crippen molar-refractivity contribution in [3.63, 3.8) is 0 Å². The summed E-state index contributed by atoms with van der Waals surface area (Å²) >= 11 is 0. The predicted molar refractivity (Wildman–Crippen MR) is 73.9 cm³/mol. The number of nitrogens with one attached hydrogen (secondary N) is 1. The van der Waals surface area contributed by atoms with E-state index in [-0.39, 0.29) is 24.1 Å². The number of furan rings is 1. The van der Waals surface area contributed by atoms with Crippen molar-refractivity contribution < 1.29 is 23.8 Å². The number of carboxylic acids is 1. The molecule has 1 aliphatic heterocycles. The van der Waals surface area contributed by atoms with Crippen molar-refractivity contribution in [2.24, 2.45) is 5.92 Å². The van der Waals surface area contributed by atoms with Crippen LogP contribution in [0.5, 0.6) is 0 Å². The van der Waals surface area contributed by atoms with Crippen LogP contribution in [0.15, 0.2) is 16.5 Å². The summed E-state index contributed by atoms with van der Waals surface area (Å²) in [6.07, 6.45) is 0. The number of ether oxygens (including phenoxy) is 1. The first-order chi connectivity index (χ1) is 10.1. The second-order valence-corrected chi connectivity index (χ2v) is 5.10. The molecule has 1 aliphatic rings. The van der Waals surface area contributed by atoms with Gasteiger partial charge in [0.2, 0.25) is 11.7 Å². The van der Waals surface area contributed by atoms with Crippen molar-refractivity contribution in [2.75, 3.05) is 32.8 Å². The molecular formula is C14H20N2O5. The van der Waals surface area contributed by atoms with E-state index in [1.54, 1.807) is 6.07 Å². The van der Waals surface area contributed by atoms with Crippen LogP contribution in [0.2, 0.25) is 0 Å². The van der Waals surface area contributed by atoms with Crippen molar-refractivity contribution in [3.8, 4) is 0 Å². The minimum Gasteiger partial charge on any atom is -0.475 e. The second-order valence-electron chi connectivity index (χ2n) is 5.10. The highest BCUT2D eigenvalue weighted by Gasteiger charge is 2.19. The lowest BCUT2D eigenvalue weighted by Gasteiger charge is -2.28. The molecule has 0 spiro atoms. The highest BCUT2D eigenvalue weighted by Crippen LogP contribution is 2.08. The zero-order chi connectivity index (χ0) is 15.2. The van der Waals surface area contributed by atoms with Crippen molar-refractivity contribution in [3.05, 3.63) is 23.7 Å². The quantitative estimate of drug-likeness (QED) is 0.797. The molecule has 2 rings (SSSR count). The third-order valence-electron chi connectivity index (χ3n) is 3.39. The number of morpholine rings is 1. The van der Waals surface area contributed by atoms with Crippen molar-refractivity contribution in [1.82, 2.24) is 10.2 Å². The Labute approximate surface area is 122 Å². The van der Waals surface area contributed by atoms with E-state index in [1.165, 1.54) is 6.07 Å². The first kappa shape index (κ1) is 15.5. The van der Waals surface area contributed by atoms with Crippen LogP contribution in [-0.2, 0) is 16.1 Å². The summed E-state index contributed by atoms with van der Waals surface area (Å²) in [5.41, 5.74) is 0. The first-order valence-electron chi connectivity index (χ1n) is 6.96. The molecule has 1 amide bonds. The number of carbonyl (C=O) groups excluding carboxylic acids is 1. The van der Waals surface area contributed by atoms with Crippen LogP contribution >= 0.6 is 0 Å². The molecule has 1 atom stereocenters. The van der Waals surface area contributed by atoms with E-state index < -0.39 is 5.97 Å². The molecule has 0 radical (unpaired) electrons. The fraction of sp³-hybridized carbons (Fsp3) is 0.571. The molecule has 21 heavy (non-hydrogen) atoms. The van der Waals surface area contributed by atoms with Gasteiger partial charge in [-0.2, -0.15) is 0 Å². The Morgan fingerprint density at radius 1 is 1.38 bits per heavy atom. The monoisotopic (exact) mass is 296 g/mol. The number of carboxylic acid groups (broad SMARTS) is 1. The number of aromatic carboxylic acids is 1. The first-order valence-corrected chi connectivity index (χ1v) is 6.96. The maximum atomic E-state index is 12.0. The van der Waals surface area contributed by atoms with E-state index in [4.69, 9.17) is 14.3 Å². The summed E-state index contributed by atoms with van der Waals surface area (Å²) in [5.74, 6) is -1.03. The van der Waals surface area contributed by atoms with Gasteiger partial charge in [-0.1, -0.05) is 6.92 Å². The number of hydrogen-bond donors (Lipinski definition) is 2. The molecule has 0 bridgehead atoms. The Kier molecular flexibility index (Phi) is 5.35. The van der Waals surface area contributed by atoms with Gasteiger partial charge in [0.05, 0.1) is 19.8 Å². The molecule has 1 aromatic rings. The Morgan fingerprint density at radius 2 is 2.10 bits per heavy atom. The van der Waals surface area contributed by atoms with Gasteiger partial charge in [-0.05, 0) is 12.1 Å². The summed E-state index contributed by atoms with van der Waals surface area (Å²) in [7, 11) is 0. The van der Waals surface area contributed by atoms with Crippen molar-refractivity contribution in [1.29, 1.82) is 0 Å². The molecule has 0 aliphatic carbocycles. The molecule has 1 aromatic heterocycles. The average Bonchev–Trinajstić information content (AvgIpc) is 2.95. The Morgan fingerprint density at radius 3 is 2.71 bits per heavy atom. The van der Waals surface area contributed by atoms with Crippen LogP contribution in [0.1, 0.15) is 23.2 Å². The third kappa shape index (κ3) is 4.57. The summed E-state index contributed by atoms with van der Waals surface area (Å²) in [5, 5.41) is 11.5. The number of carbonyl (C=O) groups is 2. The smallest absolute Gasteiger partial charge is 0.371 e. The molecule has 2 heterocycles. The maximum Gasteiger partial charge on any atom is 0.371 e. The van der Waals surface area contributed by atoms with Gasteiger partial charge >= 0.3 is 5.97 Å². The van der Waals surface area contributed by atoms with Gasteiger partial charge in [0.1, 0.15) is 5.76 Å². The second kappa shape index (κ2) is 7.24. The van der Waals surface area contributed by atoms with Crippen LogP contribution in [0.4, 0.5) is 0 Å². The van der Waals surface area contributed by atoms with Gasteiger partial charge in [0, 0.05) is 25.6 Å². The lowest BCUT2D eigenvalue weighted by atomic mass is 10.1. The van der Waals surface area contributed by atoms with E-state index in [0.29, 0.717) is 25.5 Å². The zero-order valence-corrected chi connectivity index (χ0v) is 12.0. The average molecular weight is 296 g/mol. The van der Waals surface area contributed by atoms with Gasteiger partial charge in [0.15, 0.2) is 0 Å². The van der Waals surface area contributed by atoms with Gasteiger partial charge in [-0.15, -0.1) is 0 Å². The largest absolute Gasteiger partial charge is 0.475 e. The van der Waals surface area contributed by atoms with Crippen LogP contribution in [-0.4, -0.2) is 54.7 Å². The Hall–Kier alpha value is -1.86. The number of nitrogens with zero attached hydrogens (tertiary/aromatic N) is 1. The van der Waals surface area contributed by atoms with Gasteiger partial charge < -0.3 is 19.6 Å². The Bertz CT molecular complexity index is 493. The van der Waals surface area contributed by atoms with E-state index in [0.717, 1.165) is 13.1 Å². The lowest BCUT2D eigenvalue weighted by molar-refractivity contribution is -0.125. The fourth-order valence-electron chi connectivity index (χ4n) is 2.19. The Balaban J connectivity index is 1.76. The van der Waals surface area contributed by atoms with Crippen molar-refractivity contribution in [2.45, 2.75) is 13.5 Å². The molecule has 1 saturated heterocycles. The zero-order valence-electron chi connectivity index (χ0n) is 12.0. The van der Waals surface area contributed by atoms with Gasteiger partial charge in [0.25, 0.3) is 0 Å². The summed E-state index contributed by atoms with van der Waals surface area (Å²) in [4.78, 5) is 24.9. The molecule has 116 valence electrons. The van der Waals surface area contributed by atoms with E-state index in [1.807, 2.05) is 6.92 Å². The van der Waals surface area contributed by atoms with E-state index in [9.17, 15) is 9.59 Å². The molecule has 0 unspecified atom stereocenters. The number of rotatable bonds is 6. The minimum atomic E-state index is -1.12. The number of amides is 1. The molecule has 7 nitrogen and oxygen atoms in total. The summed E-state index contributed by atoms with van der Waals surface area (Å²) in [6, 6.07) is 2.93. The standard InChI is InChI=1S/C14H20N2O5/c1-10(9-16-4-6-20-7-5-16)13(17)15-8-11-2-3-12(21-11)14(18)19/h2-3,10H,4-9H2,1H3,(H,15,17)(H,18,19)/t10-/m1/s1. The van der Waals surface area contributed by atoms with E-state index in [2.05, 4.69) is 10.2 Å². The van der Waals surface area contributed by atoms with E-state index >= 15 is 0 Å². The maximum absolute atomic E-state index is 12.0. The summed E-state index contributed by atoms with van der Waals surface area (Å²) in [6.45, 7) is 5.86. The molecule has 1 fully saturated rings. The lowest BCUT2D eigenvalue weighted by Crippen LogP contribution is -2.42. The van der Waals surface area contributed by atoms with Crippen LogP contribution in [0, 0.1) is 5.92 Å². The fourth-order valence-corrected chi connectivity index (χ4v) is 2.19. The number of hydrogen-bond acceptors (Lipinski definition) is 5. The highest BCUT2D eigenvalue weighted by molar-refractivity contribution is 5.84. The normalized spacial score (nSPS) is 17.4. The molecular weight excluding hydrogens is 276 g/mol. The molecule has 0 aromatic carbocycles. The predicted octanol–water partition coefficient (Wildman–Crippen LogP) is 0.562. The summed E-state index contributed by atoms with van der Waals surface area (Å²) < 4.78 is 10.4. The molecule has 7 heteroatoms. The molecule has 2 N–H and O–H groups in total.